The minimum absolute atomic E-state index is 0.118. The average Bonchev–Trinajstić information content (AvgIpc) is 2.67. The summed E-state index contributed by atoms with van der Waals surface area (Å²) in [4.78, 5) is 12.2. The normalized spacial score (nSPS) is 11.2. The highest BCUT2D eigenvalue weighted by atomic mass is 32.2. The Morgan fingerprint density at radius 3 is 2.44 bits per heavy atom. The Kier molecular flexibility index (Phi) is 7.78. The Morgan fingerprint density at radius 2 is 1.78 bits per heavy atom. The molecule has 0 aliphatic carbocycles. The Labute approximate surface area is 159 Å². The Bertz CT molecular complexity index is 851. The molecule has 0 aromatic heterocycles. The van der Waals surface area contributed by atoms with E-state index >= 15 is 0 Å². The summed E-state index contributed by atoms with van der Waals surface area (Å²) in [5, 5.41) is 2.81. The van der Waals surface area contributed by atoms with Crippen LogP contribution in [0.25, 0.3) is 0 Å². The summed E-state index contributed by atoms with van der Waals surface area (Å²) in [6.45, 7) is 2.32. The van der Waals surface area contributed by atoms with E-state index in [9.17, 15) is 13.2 Å². The van der Waals surface area contributed by atoms with Crippen LogP contribution in [0.4, 0.5) is 5.69 Å². The smallest absolute Gasteiger partial charge is 0.262 e. The van der Waals surface area contributed by atoms with Crippen molar-refractivity contribution >= 4 is 21.6 Å². The van der Waals surface area contributed by atoms with Gasteiger partial charge in [0.05, 0.1) is 11.5 Å². The first-order valence-corrected chi connectivity index (χ1v) is 10.0. The summed E-state index contributed by atoms with van der Waals surface area (Å²) < 4.78 is 36.8. The van der Waals surface area contributed by atoms with Gasteiger partial charge in [0.2, 0.25) is 10.0 Å². The van der Waals surface area contributed by atoms with Crippen molar-refractivity contribution in [2.45, 2.75) is 18.2 Å². The van der Waals surface area contributed by atoms with Gasteiger partial charge >= 0.3 is 0 Å². The fraction of sp³-hybridized carbons (Fsp3) is 0.316. The number of ether oxygens (including phenoxy) is 2. The molecule has 2 aromatic rings. The number of benzene rings is 2. The van der Waals surface area contributed by atoms with Crippen LogP contribution in [0.5, 0.6) is 5.75 Å². The Hall–Kier alpha value is -2.42. The van der Waals surface area contributed by atoms with Gasteiger partial charge in [-0.1, -0.05) is 25.1 Å². The van der Waals surface area contributed by atoms with E-state index in [0.717, 1.165) is 17.7 Å². The van der Waals surface area contributed by atoms with Crippen LogP contribution in [0.3, 0.4) is 0 Å². The maximum Gasteiger partial charge on any atom is 0.262 e. The molecule has 0 fully saturated rings. The lowest BCUT2D eigenvalue weighted by atomic mass is 10.1. The van der Waals surface area contributed by atoms with Crippen molar-refractivity contribution in [2.24, 2.45) is 0 Å². The highest BCUT2D eigenvalue weighted by Gasteiger charge is 2.13. The summed E-state index contributed by atoms with van der Waals surface area (Å²) in [5.74, 6) is 0.124. The van der Waals surface area contributed by atoms with Crippen molar-refractivity contribution in [1.82, 2.24) is 4.72 Å². The van der Waals surface area contributed by atoms with Gasteiger partial charge in [-0.25, -0.2) is 13.1 Å². The summed E-state index contributed by atoms with van der Waals surface area (Å²) in [6, 6.07) is 13.4. The molecule has 0 unspecified atom stereocenters. The van der Waals surface area contributed by atoms with Crippen molar-refractivity contribution in [3.8, 4) is 5.75 Å². The minimum atomic E-state index is -3.59. The van der Waals surface area contributed by atoms with Gasteiger partial charge in [-0.15, -0.1) is 0 Å². The molecular weight excluding hydrogens is 368 g/mol. The van der Waals surface area contributed by atoms with E-state index < -0.39 is 10.0 Å². The van der Waals surface area contributed by atoms with Crippen LogP contribution in [-0.2, 0) is 26.0 Å². The van der Waals surface area contributed by atoms with Gasteiger partial charge in [0.25, 0.3) is 5.91 Å². The average molecular weight is 392 g/mol. The van der Waals surface area contributed by atoms with Gasteiger partial charge in [0.15, 0.2) is 6.61 Å². The number of methoxy groups -OCH3 is 1. The lowest BCUT2D eigenvalue weighted by Crippen LogP contribution is -2.27. The quantitative estimate of drug-likeness (QED) is 0.605. The summed E-state index contributed by atoms with van der Waals surface area (Å²) in [6.07, 6.45) is 0.811. The van der Waals surface area contributed by atoms with Gasteiger partial charge in [0.1, 0.15) is 5.75 Å². The lowest BCUT2D eigenvalue weighted by Gasteiger charge is -2.11. The molecule has 1 amide bonds. The first kappa shape index (κ1) is 20.9. The molecule has 0 aliphatic rings. The number of sulfonamides is 1. The molecule has 0 aliphatic heterocycles. The van der Waals surface area contributed by atoms with Crippen molar-refractivity contribution in [3.05, 3.63) is 54.1 Å². The third-order valence-corrected chi connectivity index (χ3v) is 5.25. The molecule has 2 N–H and O–H groups in total. The standard InChI is InChI=1S/C19H24N2O5S/c1-3-15-6-4-5-7-18(15)21-19(22)14-26-16-8-10-17(11-9-16)27(23,24)20-12-13-25-2/h4-11,20H,3,12-14H2,1-2H3,(H,21,22). The number of carbonyl (C=O) groups excluding carboxylic acids is 1. The monoisotopic (exact) mass is 392 g/mol. The molecule has 0 bridgehead atoms. The number of anilines is 1. The van der Waals surface area contributed by atoms with Crippen LogP contribution in [-0.4, -0.2) is 41.2 Å². The first-order chi connectivity index (χ1) is 13.0. The second kappa shape index (κ2) is 10.1. The molecule has 2 rings (SSSR count). The summed E-state index contributed by atoms with van der Waals surface area (Å²) >= 11 is 0. The highest BCUT2D eigenvalue weighted by molar-refractivity contribution is 7.89. The van der Waals surface area contributed by atoms with Crippen molar-refractivity contribution in [1.29, 1.82) is 0 Å². The van der Waals surface area contributed by atoms with Crippen molar-refractivity contribution in [2.75, 3.05) is 32.2 Å². The zero-order valence-corrected chi connectivity index (χ0v) is 16.2. The third-order valence-electron chi connectivity index (χ3n) is 3.77. The second-order valence-electron chi connectivity index (χ2n) is 5.71. The molecule has 8 heteroatoms. The van der Waals surface area contributed by atoms with E-state index in [2.05, 4.69) is 10.0 Å². The number of para-hydroxylation sites is 1. The Morgan fingerprint density at radius 1 is 1.07 bits per heavy atom. The van der Waals surface area contributed by atoms with Crippen LogP contribution in [0.2, 0.25) is 0 Å². The zero-order chi connectivity index (χ0) is 19.7. The molecule has 27 heavy (non-hydrogen) atoms. The van der Waals surface area contributed by atoms with E-state index in [1.54, 1.807) is 0 Å². The summed E-state index contributed by atoms with van der Waals surface area (Å²) in [7, 11) is -2.10. The molecular formula is C19H24N2O5S. The molecule has 0 radical (unpaired) electrons. The molecule has 0 saturated carbocycles. The molecule has 0 heterocycles. The Balaban J connectivity index is 1.90. The number of amides is 1. The maximum atomic E-state index is 12.1. The SMILES string of the molecule is CCc1ccccc1NC(=O)COc1ccc(S(=O)(=O)NCCOC)cc1. The number of carbonyl (C=O) groups is 1. The number of aryl methyl sites for hydroxylation is 1. The van der Waals surface area contributed by atoms with E-state index in [-0.39, 0.29) is 30.6 Å². The van der Waals surface area contributed by atoms with E-state index in [1.165, 1.54) is 31.4 Å². The fourth-order valence-corrected chi connectivity index (χ4v) is 3.38. The number of hydrogen-bond donors (Lipinski definition) is 2. The molecule has 7 nitrogen and oxygen atoms in total. The van der Waals surface area contributed by atoms with Gasteiger partial charge in [0, 0.05) is 19.3 Å². The van der Waals surface area contributed by atoms with Crippen LogP contribution in [0.15, 0.2) is 53.4 Å². The number of nitrogens with one attached hydrogen (secondary N) is 2. The zero-order valence-electron chi connectivity index (χ0n) is 15.4. The van der Waals surface area contributed by atoms with Crippen LogP contribution in [0, 0.1) is 0 Å². The largest absolute Gasteiger partial charge is 0.484 e. The van der Waals surface area contributed by atoms with Crippen molar-refractivity contribution in [3.63, 3.8) is 0 Å². The predicted octanol–water partition coefficient (Wildman–Crippen LogP) is 2.19. The minimum Gasteiger partial charge on any atom is -0.484 e. The fourth-order valence-electron chi connectivity index (χ4n) is 2.36. The van der Waals surface area contributed by atoms with Crippen LogP contribution in [0.1, 0.15) is 12.5 Å². The van der Waals surface area contributed by atoms with Crippen molar-refractivity contribution < 1.29 is 22.7 Å². The third kappa shape index (κ3) is 6.35. The summed E-state index contributed by atoms with van der Waals surface area (Å²) in [5.41, 5.74) is 1.80. The second-order valence-corrected chi connectivity index (χ2v) is 7.48. The van der Waals surface area contributed by atoms with Gasteiger partial charge < -0.3 is 14.8 Å². The molecule has 146 valence electrons. The number of rotatable bonds is 10. The van der Waals surface area contributed by atoms with E-state index in [1.807, 2.05) is 31.2 Å². The van der Waals surface area contributed by atoms with Crippen LogP contribution < -0.4 is 14.8 Å². The first-order valence-electron chi connectivity index (χ1n) is 8.55. The van der Waals surface area contributed by atoms with Gasteiger partial charge in [-0.05, 0) is 42.3 Å². The van der Waals surface area contributed by atoms with Crippen LogP contribution >= 0.6 is 0 Å². The van der Waals surface area contributed by atoms with E-state index in [4.69, 9.17) is 9.47 Å². The molecule has 0 spiro atoms. The predicted molar refractivity (Wildman–Crippen MR) is 103 cm³/mol. The molecule has 2 aromatic carbocycles. The maximum absolute atomic E-state index is 12.1. The van der Waals surface area contributed by atoms with E-state index in [0.29, 0.717) is 5.75 Å². The highest BCUT2D eigenvalue weighted by Crippen LogP contribution is 2.17. The number of hydrogen-bond acceptors (Lipinski definition) is 5. The lowest BCUT2D eigenvalue weighted by molar-refractivity contribution is -0.118. The topological polar surface area (TPSA) is 93.7 Å². The molecule has 0 atom stereocenters. The molecule has 0 saturated heterocycles. The van der Waals surface area contributed by atoms with Gasteiger partial charge in [-0.2, -0.15) is 0 Å². The van der Waals surface area contributed by atoms with Gasteiger partial charge in [-0.3, -0.25) is 4.79 Å².